The molecule has 1 atom stereocenters. The molecule has 1 fully saturated rings. The third kappa shape index (κ3) is 4.74. The monoisotopic (exact) mass is 502 g/mol. The average molecular weight is 503 g/mol. The summed E-state index contributed by atoms with van der Waals surface area (Å²) < 4.78 is 2.23. The van der Waals surface area contributed by atoms with Crippen molar-refractivity contribution in [1.82, 2.24) is 9.47 Å². The number of amides is 1. The molecule has 0 spiro atoms. The molecule has 0 saturated carbocycles. The van der Waals surface area contributed by atoms with Gasteiger partial charge in [0.25, 0.3) is 5.91 Å². The Morgan fingerprint density at radius 2 is 1.84 bits per heavy atom. The number of likely N-dealkylation sites (tertiary alicyclic amines) is 1. The standard InChI is InChI=1S/C34H34N2O2/c1-5-9-25-19-23(3)12-15-28(25)33(37)30-20-26(14-13-24(30)4)34(38)36-18-16-27(21-36)31-22-35(17-6-2)32-11-8-7-10-29(31)32/h5-15,19-20,22,27H,2,16-18,21H2,1,3-4H3. The smallest absolute Gasteiger partial charge is 0.253 e. The van der Waals surface area contributed by atoms with Crippen molar-refractivity contribution < 1.29 is 9.59 Å². The van der Waals surface area contributed by atoms with Crippen LogP contribution in [0.4, 0.5) is 0 Å². The number of rotatable bonds is 7. The quantitative estimate of drug-likeness (QED) is 0.196. The van der Waals surface area contributed by atoms with Crippen LogP contribution < -0.4 is 0 Å². The maximum absolute atomic E-state index is 13.6. The Morgan fingerprint density at radius 1 is 1.03 bits per heavy atom. The first-order chi connectivity index (χ1) is 18.4. The summed E-state index contributed by atoms with van der Waals surface area (Å²) in [6.45, 7) is 11.9. The summed E-state index contributed by atoms with van der Waals surface area (Å²) in [5, 5.41) is 1.24. The number of allylic oxidation sites excluding steroid dienone is 2. The van der Waals surface area contributed by atoms with Crippen LogP contribution in [-0.4, -0.2) is 34.2 Å². The van der Waals surface area contributed by atoms with E-state index in [1.165, 1.54) is 16.5 Å². The Balaban J connectivity index is 1.40. The van der Waals surface area contributed by atoms with Crippen LogP contribution in [0.1, 0.15) is 67.8 Å². The fraction of sp³-hybridized carbons (Fsp3) is 0.235. The molecule has 192 valence electrons. The molecule has 1 aromatic heterocycles. The zero-order valence-electron chi connectivity index (χ0n) is 22.4. The van der Waals surface area contributed by atoms with Gasteiger partial charge in [0.1, 0.15) is 0 Å². The lowest BCUT2D eigenvalue weighted by Gasteiger charge is -2.18. The van der Waals surface area contributed by atoms with Crippen LogP contribution in [0.25, 0.3) is 17.0 Å². The van der Waals surface area contributed by atoms with Crippen molar-refractivity contribution in [3.63, 3.8) is 0 Å². The second-order valence-electron chi connectivity index (χ2n) is 10.2. The molecule has 38 heavy (non-hydrogen) atoms. The summed E-state index contributed by atoms with van der Waals surface area (Å²) in [5.41, 5.74) is 7.14. The first-order valence-corrected chi connectivity index (χ1v) is 13.3. The Hall–Kier alpha value is -4.18. The molecular formula is C34H34N2O2. The van der Waals surface area contributed by atoms with Gasteiger partial charge in [-0.05, 0) is 62.1 Å². The maximum atomic E-state index is 13.6. The van der Waals surface area contributed by atoms with Crippen LogP contribution in [-0.2, 0) is 6.54 Å². The second kappa shape index (κ2) is 10.7. The van der Waals surface area contributed by atoms with E-state index in [4.69, 9.17) is 0 Å². The van der Waals surface area contributed by atoms with E-state index in [1.807, 2.05) is 74.2 Å². The van der Waals surface area contributed by atoms with Crippen LogP contribution in [0, 0.1) is 13.8 Å². The second-order valence-corrected chi connectivity index (χ2v) is 10.2. The minimum Gasteiger partial charge on any atom is -0.343 e. The highest BCUT2D eigenvalue weighted by molar-refractivity contribution is 6.13. The molecule has 1 saturated heterocycles. The lowest BCUT2D eigenvalue weighted by Crippen LogP contribution is -2.28. The number of nitrogens with zero attached hydrogens (tertiary/aromatic N) is 2. The summed E-state index contributed by atoms with van der Waals surface area (Å²) in [6.07, 6.45) is 8.95. The first-order valence-electron chi connectivity index (χ1n) is 13.3. The molecule has 0 N–H and O–H groups in total. The van der Waals surface area contributed by atoms with E-state index in [0.29, 0.717) is 29.8 Å². The topological polar surface area (TPSA) is 42.3 Å². The molecule has 4 nitrogen and oxygen atoms in total. The van der Waals surface area contributed by atoms with Crippen molar-refractivity contribution in [2.75, 3.05) is 13.1 Å². The Morgan fingerprint density at radius 3 is 2.63 bits per heavy atom. The number of para-hydroxylation sites is 1. The van der Waals surface area contributed by atoms with Crippen LogP contribution >= 0.6 is 0 Å². The van der Waals surface area contributed by atoms with Gasteiger partial charge in [0, 0.05) is 59.3 Å². The number of aryl methyl sites for hydroxylation is 2. The third-order valence-electron chi connectivity index (χ3n) is 7.59. The predicted molar refractivity (Wildman–Crippen MR) is 156 cm³/mol. The summed E-state index contributed by atoms with van der Waals surface area (Å²) >= 11 is 0. The first kappa shape index (κ1) is 25.5. The van der Waals surface area contributed by atoms with Crippen LogP contribution in [0.5, 0.6) is 0 Å². The molecule has 0 radical (unpaired) electrons. The molecular weight excluding hydrogens is 468 g/mol. The van der Waals surface area contributed by atoms with Gasteiger partial charge in [-0.15, -0.1) is 6.58 Å². The minimum absolute atomic E-state index is 0.0195. The summed E-state index contributed by atoms with van der Waals surface area (Å²) in [5.74, 6) is 0.200. The van der Waals surface area contributed by atoms with E-state index in [-0.39, 0.29) is 17.6 Å². The highest BCUT2D eigenvalue weighted by Crippen LogP contribution is 2.34. The van der Waals surface area contributed by atoms with Crippen LogP contribution in [0.2, 0.25) is 0 Å². The largest absolute Gasteiger partial charge is 0.343 e. The Labute approximate surface area is 224 Å². The Bertz CT molecular complexity index is 1570. The van der Waals surface area contributed by atoms with Crippen molar-refractivity contribution >= 4 is 28.7 Å². The van der Waals surface area contributed by atoms with Crippen molar-refractivity contribution in [3.8, 4) is 0 Å². The van der Waals surface area contributed by atoms with Gasteiger partial charge in [-0.2, -0.15) is 0 Å². The van der Waals surface area contributed by atoms with Crippen molar-refractivity contribution in [3.05, 3.63) is 125 Å². The normalized spacial score (nSPS) is 15.4. The van der Waals surface area contributed by atoms with Gasteiger partial charge in [0.2, 0.25) is 0 Å². The van der Waals surface area contributed by atoms with Gasteiger partial charge in [-0.25, -0.2) is 0 Å². The van der Waals surface area contributed by atoms with E-state index in [9.17, 15) is 9.59 Å². The molecule has 3 aromatic carbocycles. The van der Waals surface area contributed by atoms with Gasteiger partial charge < -0.3 is 9.47 Å². The fourth-order valence-corrected chi connectivity index (χ4v) is 5.62. The lowest BCUT2D eigenvalue weighted by atomic mass is 9.93. The SMILES string of the molecule is C=CCn1cc(C2CCN(C(=O)c3ccc(C)c(C(=O)c4ccc(C)cc4C=CC)c3)C2)c2ccccc21. The van der Waals surface area contributed by atoms with Gasteiger partial charge in [-0.3, -0.25) is 9.59 Å². The van der Waals surface area contributed by atoms with Crippen LogP contribution in [0.3, 0.4) is 0 Å². The van der Waals surface area contributed by atoms with E-state index in [2.05, 4.69) is 41.6 Å². The van der Waals surface area contributed by atoms with Gasteiger partial charge in [-0.1, -0.05) is 66.3 Å². The minimum atomic E-state index is -0.0559. The molecule has 1 aliphatic rings. The number of carbonyl (C=O) groups is 2. The zero-order chi connectivity index (χ0) is 26.8. The molecule has 0 aliphatic carbocycles. The Kier molecular flexibility index (Phi) is 7.15. The van der Waals surface area contributed by atoms with Crippen molar-refractivity contribution in [2.45, 2.75) is 39.7 Å². The lowest BCUT2D eigenvalue weighted by molar-refractivity contribution is 0.0791. The molecule has 2 heterocycles. The number of aromatic nitrogens is 1. The fourth-order valence-electron chi connectivity index (χ4n) is 5.62. The number of ketones is 1. The van der Waals surface area contributed by atoms with Crippen molar-refractivity contribution in [2.24, 2.45) is 0 Å². The maximum Gasteiger partial charge on any atom is 0.253 e. The molecule has 5 rings (SSSR count). The highest BCUT2D eigenvalue weighted by atomic mass is 16.2. The molecule has 4 heteroatoms. The highest BCUT2D eigenvalue weighted by Gasteiger charge is 2.30. The average Bonchev–Trinajstić information content (AvgIpc) is 3.54. The third-order valence-corrected chi connectivity index (χ3v) is 7.59. The summed E-state index contributed by atoms with van der Waals surface area (Å²) in [6, 6.07) is 19.8. The molecule has 0 bridgehead atoms. The van der Waals surface area contributed by atoms with Gasteiger partial charge >= 0.3 is 0 Å². The summed E-state index contributed by atoms with van der Waals surface area (Å²) in [4.78, 5) is 29.2. The number of benzene rings is 3. The predicted octanol–water partition coefficient (Wildman–Crippen LogP) is 7.34. The van der Waals surface area contributed by atoms with E-state index in [1.54, 1.807) is 6.07 Å². The molecule has 4 aromatic rings. The molecule has 1 unspecified atom stereocenters. The summed E-state index contributed by atoms with van der Waals surface area (Å²) in [7, 11) is 0. The van der Waals surface area contributed by atoms with Crippen LogP contribution in [0.15, 0.2) is 85.6 Å². The zero-order valence-corrected chi connectivity index (χ0v) is 22.4. The van der Waals surface area contributed by atoms with E-state index < -0.39 is 0 Å². The number of hydrogen-bond donors (Lipinski definition) is 0. The number of carbonyl (C=O) groups excluding carboxylic acids is 2. The number of fused-ring (bicyclic) bond motifs is 1. The molecule has 1 aliphatic heterocycles. The molecule has 1 amide bonds. The van der Waals surface area contributed by atoms with E-state index in [0.717, 1.165) is 29.7 Å². The number of hydrogen-bond acceptors (Lipinski definition) is 2. The van der Waals surface area contributed by atoms with E-state index >= 15 is 0 Å². The van der Waals surface area contributed by atoms with Gasteiger partial charge in [0.15, 0.2) is 5.78 Å². The van der Waals surface area contributed by atoms with Crippen molar-refractivity contribution in [1.29, 1.82) is 0 Å². The van der Waals surface area contributed by atoms with Gasteiger partial charge in [0.05, 0.1) is 0 Å².